The highest BCUT2D eigenvalue weighted by atomic mass is 32.2. The van der Waals surface area contributed by atoms with E-state index in [1.54, 1.807) is 28.0 Å². The van der Waals surface area contributed by atoms with Gasteiger partial charge in [-0.05, 0) is 31.0 Å². The molecule has 0 saturated carbocycles. The van der Waals surface area contributed by atoms with Crippen molar-refractivity contribution < 1.29 is 18.0 Å². The second kappa shape index (κ2) is 7.50. The third-order valence-electron chi connectivity index (χ3n) is 4.36. The number of piperidine rings is 1. The van der Waals surface area contributed by atoms with Gasteiger partial charge in [-0.3, -0.25) is 4.90 Å². The zero-order valence-corrected chi connectivity index (χ0v) is 15.4. The largest absolute Gasteiger partial charge is 0.336 e. The van der Waals surface area contributed by atoms with Crippen LogP contribution in [0.4, 0.5) is 21.0 Å². The van der Waals surface area contributed by atoms with Crippen LogP contribution in [0.3, 0.4) is 0 Å². The van der Waals surface area contributed by atoms with Crippen molar-refractivity contribution in [3.8, 4) is 0 Å². The lowest BCUT2D eigenvalue weighted by atomic mass is 10.1. The first-order valence-corrected chi connectivity index (χ1v) is 10.4. The number of carbonyl (C=O) groups is 2. The maximum atomic E-state index is 12.5. The van der Waals surface area contributed by atoms with E-state index < -0.39 is 10.0 Å². The van der Waals surface area contributed by atoms with Gasteiger partial charge in [0.05, 0.1) is 6.26 Å². The van der Waals surface area contributed by atoms with Crippen molar-refractivity contribution >= 4 is 33.5 Å². The van der Waals surface area contributed by atoms with Crippen molar-refractivity contribution in [3.05, 3.63) is 24.3 Å². The smallest absolute Gasteiger partial charge is 0.321 e. The second-order valence-electron chi connectivity index (χ2n) is 6.54. The average molecular weight is 381 g/mol. The molecule has 1 aromatic rings. The number of urea groups is 2. The fourth-order valence-corrected chi connectivity index (χ4v) is 4.03. The molecule has 2 aliphatic heterocycles. The van der Waals surface area contributed by atoms with Crippen molar-refractivity contribution in [2.24, 2.45) is 0 Å². The molecule has 0 radical (unpaired) electrons. The highest BCUT2D eigenvalue weighted by Gasteiger charge is 2.26. The van der Waals surface area contributed by atoms with E-state index in [9.17, 15) is 18.0 Å². The predicted octanol–water partition coefficient (Wildman–Crippen LogP) is 0.762. The number of nitrogens with one attached hydrogen (secondary N) is 3. The zero-order valence-electron chi connectivity index (χ0n) is 14.6. The van der Waals surface area contributed by atoms with E-state index in [4.69, 9.17) is 0 Å². The highest BCUT2D eigenvalue weighted by Crippen LogP contribution is 2.22. The van der Waals surface area contributed by atoms with Crippen LogP contribution in [0.1, 0.15) is 12.8 Å². The summed E-state index contributed by atoms with van der Waals surface area (Å²) in [5.41, 5.74) is 1.30. The van der Waals surface area contributed by atoms with Gasteiger partial charge in [0, 0.05) is 43.6 Å². The van der Waals surface area contributed by atoms with Crippen molar-refractivity contribution in [1.82, 2.24) is 14.9 Å². The van der Waals surface area contributed by atoms with Crippen LogP contribution in [0.2, 0.25) is 0 Å². The Morgan fingerprint density at radius 1 is 1.31 bits per heavy atom. The van der Waals surface area contributed by atoms with E-state index in [0.717, 1.165) is 12.7 Å². The van der Waals surface area contributed by atoms with E-state index in [1.807, 2.05) is 6.07 Å². The molecule has 3 N–H and O–H groups in total. The molecule has 0 bridgehead atoms. The summed E-state index contributed by atoms with van der Waals surface area (Å²) >= 11 is 0. The molecule has 9 nitrogen and oxygen atoms in total. The van der Waals surface area contributed by atoms with Gasteiger partial charge in [-0.15, -0.1) is 0 Å². The minimum Gasteiger partial charge on any atom is -0.336 e. The highest BCUT2D eigenvalue weighted by molar-refractivity contribution is 7.88. The molecule has 1 atom stereocenters. The Morgan fingerprint density at radius 2 is 2.12 bits per heavy atom. The number of benzene rings is 1. The molecule has 2 saturated heterocycles. The van der Waals surface area contributed by atoms with Crippen LogP contribution in [0, 0.1) is 0 Å². The summed E-state index contributed by atoms with van der Waals surface area (Å²) in [6, 6.07) is 6.38. The first-order valence-electron chi connectivity index (χ1n) is 8.50. The van der Waals surface area contributed by atoms with E-state index in [2.05, 4.69) is 15.4 Å². The van der Waals surface area contributed by atoms with Gasteiger partial charge >= 0.3 is 12.1 Å². The lowest BCUT2D eigenvalue weighted by Gasteiger charge is -2.32. The van der Waals surface area contributed by atoms with Crippen LogP contribution in [-0.2, 0) is 10.0 Å². The summed E-state index contributed by atoms with van der Waals surface area (Å²) in [4.78, 5) is 27.5. The van der Waals surface area contributed by atoms with Crippen molar-refractivity contribution in [2.75, 3.05) is 42.7 Å². The molecule has 2 aliphatic rings. The van der Waals surface area contributed by atoms with Crippen molar-refractivity contribution in [3.63, 3.8) is 0 Å². The molecule has 2 fully saturated rings. The molecule has 0 aromatic heterocycles. The molecular weight excluding hydrogens is 358 g/mol. The van der Waals surface area contributed by atoms with Gasteiger partial charge in [0.15, 0.2) is 0 Å². The fourth-order valence-electron chi connectivity index (χ4n) is 3.23. The van der Waals surface area contributed by atoms with Gasteiger partial charge < -0.3 is 15.5 Å². The summed E-state index contributed by atoms with van der Waals surface area (Å²) in [6.45, 7) is 2.08. The van der Waals surface area contributed by atoms with E-state index in [-0.39, 0.29) is 18.1 Å². The standard InChI is InChI=1S/C16H23N5O4S/c1-26(24,25)19-13-5-3-8-20(11-13)16(23)18-12-4-2-6-14(10-12)21-9-7-17-15(21)22/h2,4,6,10,13,19H,3,5,7-9,11H2,1H3,(H,17,22)(H,18,23)/t13-/m0/s1. The Morgan fingerprint density at radius 3 is 2.81 bits per heavy atom. The number of anilines is 2. The molecule has 10 heteroatoms. The number of hydrogen-bond acceptors (Lipinski definition) is 4. The maximum absolute atomic E-state index is 12.5. The van der Waals surface area contributed by atoms with Crippen LogP contribution in [0.15, 0.2) is 24.3 Å². The Hall–Kier alpha value is -2.33. The molecule has 3 rings (SSSR count). The topological polar surface area (TPSA) is 111 Å². The van der Waals surface area contributed by atoms with Crippen molar-refractivity contribution in [1.29, 1.82) is 0 Å². The molecule has 2 heterocycles. The summed E-state index contributed by atoms with van der Waals surface area (Å²) in [7, 11) is -3.30. The molecule has 0 spiro atoms. The van der Waals surface area contributed by atoms with Crippen LogP contribution < -0.4 is 20.3 Å². The number of nitrogens with zero attached hydrogens (tertiary/aromatic N) is 2. The second-order valence-corrected chi connectivity index (χ2v) is 8.32. The Bertz CT molecular complexity index is 798. The molecule has 26 heavy (non-hydrogen) atoms. The minimum atomic E-state index is -3.30. The summed E-state index contributed by atoms with van der Waals surface area (Å²) in [5.74, 6) is 0. The summed E-state index contributed by atoms with van der Waals surface area (Å²) in [5, 5.41) is 5.56. The third-order valence-corrected chi connectivity index (χ3v) is 5.12. The van der Waals surface area contributed by atoms with Gasteiger partial charge in [0.2, 0.25) is 10.0 Å². The average Bonchev–Trinajstić information content (AvgIpc) is 3.00. The van der Waals surface area contributed by atoms with Crippen LogP contribution in [0.25, 0.3) is 0 Å². The lowest BCUT2D eigenvalue weighted by molar-refractivity contribution is 0.190. The number of hydrogen-bond donors (Lipinski definition) is 3. The molecular formula is C16H23N5O4S. The SMILES string of the molecule is CS(=O)(=O)N[C@H]1CCCN(C(=O)Nc2cccc(N3CCNC3=O)c2)C1. The predicted molar refractivity (Wildman–Crippen MR) is 98.8 cm³/mol. The van der Waals surface area contributed by atoms with E-state index in [0.29, 0.717) is 44.0 Å². The normalized spacial score (nSPS) is 20.8. The van der Waals surface area contributed by atoms with Crippen LogP contribution >= 0.6 is 0 Å². The first kappa shape index (κ1) is 18.5. The Balaban J connectivity index is 1.63. The van der Waals surface area contributed by atoms with Gasteiger partial charge in [-0.2, -0.15) is 0 Å². The van der Waals surface area contributed by atoms with Gasteiger partial charge in [-0.1, -0.05) is 6.07 Å². The van der Waals surface area contributed by atoms with Gasteiger partial charge in [-0.25, -0.2) is 22.7 Å². The van der Waals surface area contributed by atoms with Crippen molar-refractivity contribution in [2.45, 2.75) is 18.9 Å². The number of carbonyl (C=O) groups excluding carboxylic acids is 2. The molecule has 1 aromatic carbocycles. The van der Waals surface area contributed by atoms with E-state index in [1.165, 1.54) is 0 Å². The number of rotatable bonds is 4. The third kappa shape index (κ3) is 4.64. The summed E-state index contributed by atoms with van der Waals surface area (Å²) in [6.07, 6.45) is 2.55. The Labute approximate surface area is 152 Å². The zero-order chi connectivity index (χ0) is 18.7. The summed E-state index contributed by atoms with van der Waals surface area (Å²) < 4.78 is 25.3. The lowest BCUT2D eigenvalue weighted by Crippen LogP contribution is -2.50. The molecule has 4 amide bonds. The number of likely N-dealkylation sites (tertiary alicyclic amines) is 1. The number of sulfonamides is 1. The monoisotopic (exact) mass is 381 g/mol. The molecule has 0 aliphatic carbocycles. The fraction of sp³-hybridized carbons (Fsp3) is 0.500. The molecule has 0 unspecified atom stereocenters. The van der Waals surface area contributed by atoms with Gasteiger partial charge in [0.1, 0.15) is 0 Å². The van der Waals surface area contributed by atoms with Crippen LogP contribution in [-0.4, -0.2) is 63.9 Å². The van der Waals surface area contributed by atoms with E-state index >= 15 is 0 Å². The Kier molecular flexibility index (Phi) is 5.33. The quantitative estimate of drug-likeness (QED) is 0.715. The number of amides is 4. The molecule has 142 valence electrons. The maximum Gasteiger partial charge on any atom is 0.321 e. The van der Waals surface area contributed by atoms with Crippen LogP contribution in [0.5, 0.6) is 0 Å². The first-order chi connectivity index (χ1) is 12.3. The minimum absolute atomic E-state index is 0.154. The van der Waals surface area contributed by atoms with Gasteiger partial charge in [0.25, 0.3) is 0 Å².